The minimum absolute atomic E-state index is 0.0102. The fraction of sp³-hybridized carbons (Fsp3) is 0.400. The van der Waals surface area contributed by atoms with E-state index in [4.69, 9.17) is 3.63 Å². The Labute approximate surface area is 93.1 Å². The van der Waals surface area contributed by atoms with Crippen molar-refractivity contribution in [2.45, 2.75) is 11.8 Å². The van der Waals surface area contributed by atoms with Gasteiger partial charge in [-0.05, 0) is 31.6 Å². The predicted octanol–water partition coefficient (Wildman–Crippen LogP) is 2.39. The lowest BCUT2D eigenvalue weighted by molar-refractivity contribution is 0.513. The molecule has 0 unspecified atom stereocenters. The molecule has 1 aromatic carbocycles. The Morgan fingerprint density at radius 2 is 1.67 bits per heavy atom. The molecule has 0 fully saturated rings. The third kappa shape index (κ3) is 3.52. The van der Waals surface area contributed by atoms with E-state index in [9.17, 15) is 8.42 Å². The second kappa shape index (κ2) is 4.55. The van der Waals surface area contributed by atoms with Crippen LogP contribution < -0.4 is 0 Å². The zero-order chi connectivity index (χ0) is 11.5. The van der Waals surface area contributed by atoms with Gasteiger partial charge in [-0.1, -0.05) is 28.5 Å². The SMILES string of the molecule is CCS(=O)(=O)OS(C)(C)c1ccccc1. The van der Waals surface area contributed by atoms with Gasteiger partial charge in [-0.2, -0.15) is 8.42 Å². The van der Waals surface area contributed by atoms with E-state index in [1.54, 1.807) is 6.92 Å². The highest BCUT2D eigenvalue weighted by molar-refractivity contribution is 8.32. The maximum absolute atomic E-state index is 11.4. The summed E-state index contributed by atoms with van der Waals surface area (Å²) in [5.74, 6) is 0.0102. The molecule has 86 valence electrons. The van der Waals surface area contributed by atoms with Gasteiger partial charge in [0.1, 0.15) is 0 Å². The summed E-state index contributed by atoms with van der Waals surface area (Å²) in [6.07, 6.45) is 3.66. The van der Waals surface area contributed by atoms with Gasteiger partial charge in [0.05, 0.1) is 5.75 Å². The summed E-state index contributed by atoms with van der Waals surface area (Å²) in [5, 5.41) is 0. The number of hydrogen-bond acceptors (Lipinski definition) is 3. The Kier molecular flexibility index (Phi) is 3.81. The van der Waals surface area contributed by atoms with E-state index in [2.05, 4.69) is 0 Å². The molecule has 0 aliphatic rings. The summed E-state index contributed by atoms with van der Waals surface area (Å²) >= 11 is 0. The van der Waals surface area contributed by atoms with Crippen LogP contribution >= 0.6 is 10.3 Å². The van der Waals surface area contributed by atoms with Gasteiger partial charge in [0.2, 0.25) is 0 Å². The van der Waals surface area contributed by atoms with Crippen LogP contribution in [0.4, 0.5) is 0 Å². The summed E-state index contributed by atoms with van der Waals surface area (Å²) in [5.41, 5.74) is 0. The quantitative estimate of drug-likeness (QED) is 0.821. The fourth-order valence-electron chi connectivity index (χ4n) is 1.09. The standard InChI is InChI=1S/C10H16O3S2/c1-4-15(11,12)13-14(2,3)10-8-6-5-7-9-10/h5-9H,4H2,1-3H3. The highest BCUT2D eigenvalue weighted by atomic mass is 32.3. The van der Waals surface area contributed by atoms with Crippen molar-refractivity contribution in [2.75, 3.05) is 18.3 Å². The molecule has 0 heterocycles. The maximum Gasteiger partial charge on any atom is 0.276 e. The van der Waals surface area contributed by atoms with Crippen LogP contribution in [0.25, 0.3) is 0 Å². The van der Waals surface area contributed by atoms with Gasteiger partial charge in [-0.15, -0.1) is 0 Å². The first-order chi connectivity index (χ1) is 6.87. The van der Waals surface area contributed by atoms with Crippen molar-refractivity contribution in [3.05, 3.63) is 30.3 Å². The van der Waals surface area contributed by atoms with Gasteiger partial charge >= 0.3 is 0 Å². The summed E-state index contributed by atoms with van der Waals surface area (Å²) in [6.45, 7) is 1.58. The number of benzene rings is 1. The minimum atomic E-state index is -3.39. The summed E-state index contributed by atoms with van der Waals surface area (Å²) < 4.78 is 28.0. The Morgan fingerprint density at radius 1 is 1.13 bits per heavy atom. The van der Waals surface area contributed by atoms with Crippen LogP contribution in [0.15, 0.2) is 35.2 Å². The highest BCUT2D eigenvalue weighted by Gasteiger charge is 2.22. The Hall–Kier alpha value is -0.520. The average Bonchev–Trinajstić information content (AvgIpc) is 2.18. The van der Waals surface area contributed by atoms with E-state index in [1.807, 2.05) is 42.8 Å². The monoisotopic (exact) mass is 248 g/mol. The lowest BCUT2D eigenvalue weighted by atomic mass is 10.4. The van der Waals surface area contributed by atoms with Gasteiger partial charge in [0, 0.05) is 4.90 Å². The first-order valence-electron chi connectivity index (χ1n) is 4.59. The predicted molar refractivity (Wildman–Crippen MR) is 64.7 cm³/mol. The van der Waals surface area contributed by atoms with Crippen LogP contribution in [0.2, 0.25) is 0 Å². The minimum Gasteiger partial charge on any atom is -0.216 e. The van der Waals surface area contributed by atoms with E-state index in [0.717, 1.165) is 4.90 Å². The third-order valence-corrected chi connectivity index (χ3v) is 6.24. The smallest absolute Gasteiger partial charge is 0.216 e. The van der Waals surface area contributed by atoms with Crippen molar-refractivity contribution < 1.29 is 12.0 Å². The van der Waals surface area contributed by atoms with Crippen molar-refractivity contribution in [1.29, 1.82) is 0 Å². The molecular formula is C10H16O3S2. The molecule has 1 aromatic rings. The fourth-order valence-corrected chi connectivity index (χ4v) is 4.68. The molecule has 1 rings (SSSR count). The average molecular weight is 248 g/mol. The Balaban J connectivity index is 2.95. The molecule has 0 radical (unpaired) electrons. The van der Waals surface area contributed by atoms with Crippen molar-refractivity contribution >= 4 is 20.4 Å². The van der Waals surface area contributed by atoms with E-state index in [0.29, 0.717) is 0 Å². The molecule has 0 aliphatic heterocycles. The van der Waals surface area contributed by atoms with Crippen molar-refractivity contribution in [2.24, 2.45) is 0 Å². The summed E-state index contributed by atoms with van der Waals surface area (Å²) in [6, 6.07) is 9.44. The van der Waals surface area contributed by atoms with Crippen LogP contribution in [-0.2, 0) is 13.7 Å². The summed E-state index contributed by atoms with van der Waals surface area (Å²) in [7, 11) is -5.11. The van der Waals surface area contributed by atoms with Gasteiger partial charge in [0.25, 0.3) is 10.1 Å². The first kappa shape index (κ1) is 12.5. The van der Waals surface area contributed by atoms with E-state index in [-0.39, 0.29) is 5.75 Å². The summed E-state index contributed by atoms with van der Waals surface area (Å²) in [4.78, 5) is 0.932. The van der Waals surface area contributed by atoms with Crippen LogP contribution in [0.3, 0.4) is 0 Å². The molecule has 3 nitrogen and oxygen atoms in total. The third-order valence-electron chi connectivity index (χ3n) is 1.94. The van der Waals surface area contributed by atoms with Gasteiger partial charge in [-0.3, -0.25) is 0 Å². The second-order valence-electron chi connectivity index (χ2n) is 3.46. The van der Waals surface area contributed by atoms with E-state index >= 15 is 0 Å². The van der Waals surface area contributed by atoms with Gasteiger partial charge in [0.15, 0.2) is 0 Å². The van der Waals surface area contributed by atoms with Crippen LogP contribution in [0.5, 0.6) is 0 Å². The van der Waals surface area contributed by atoms with Gasteiger partial charge in [-0.25, -0.2) is 3.63 Å². The molecule has 0 atom stereocenters. The molecule has 5 heteroatoms. The van der Waals surface area contributed by atoms with Crippen LogP contribution in [0, 0.1) is 0 Å². The van der Waals surface area contributed by atoms with Crippen LogP contribution in [0.1, 0.15) is 6.92 Å². The topological polar surface area (TPSA) is 43.4 Å². The molecule has 0 saturated heterocycles. The molecule has 15 heavy (non-hydrogen) atoms. The molecule has 0 saturated carbocycles. The Bertz CT molecular complexity index is 410. The molecule has 0 aromatic heterocycles. The number of rotatable bonds is 4. The largest absolute Gasteiger partial charge is 0.276 e. The lowest BCUT2D eigenvalue weighted by Gasteiger charge is -2.29. The molecule has 0 N–H and O–H groups in total. The second-order valence-corrected chi connectivity index (χ2v) is 8.64. The highest BCUT2D eigenvalue weighted by Crippen LogP contribution is 2.51. The van der Waals surface area contributed by atoms with E-state index < -0.39 is 20.4 Å². The lowest BCUT2D eigenvalue weighted by Crippen LogP contribution is -2.12. The number of hydrogen-bond donors (Lipinski definition) is 0. The zero-order valence-electron chi connectivity index (χ0n) is 9.14. The van der Waals surface area contributed by atoms with Crippen molar-refractivity contribution in [3.8, 4) is 0 Å². The molecule has 0 bridgehead atoms. The van der Waals surface area contributed by atoms with Crippen molar-refractivity contribution in [1.82, 2.24) is 0 Å². The Morgan fingerprint density at radius 3 is 2.13 bits per heavy atom. The zero-order valence-corrected chi connectivity index (χ0v) is 10.8. The van der Waals surface area contributed by atoms with Crippen molar-refractivity contribution in [3.63, 3.8) is 0 Å². The molecular weight excluding hydrogens is 232 g/mol. The molecule has 0 spiro atoms. The van der Waals surface area contributed by atoms with E-state index in [1.165, 1.54) is 0 Å². The van der Waals surface area contributed by atoms with Gasteiger partial charge < -0.3 is 0 Å². The maximum atomic E-state index is 11.4. The molecule has 0 aliphatic carbocycles. The first-order valence-corrected chi connectivity index (χ1v) is 8.55. The van der Waals surface area contributed by atoms with Crippen LogP contribution in [-0.4, -0.2) is 26.7 Å². The molecule has 0 amide bonds. The normalized spacial score (nSPS) is 13.8.